The summed E-state index contributed by atoms with van der Waals surface area (Å²) in [6, 6.07) is 23.1. The Morgan fingerprint density at radius 1 is 0.906 bits per heavy atom. The van der Waals surface area contributed by atoms with Crippen molar-refractivity contribution in [2.45, 2.75) is 65.1 Å². The van der Waals surface area contributed by atoms with Crippen molar-refractivity contribution in [1.82, 2.24) is 9.80 Å². The van der Waals surface area contributed by atoms with Gasteiger partial charge in [-0.3, -0.25) is 9.69 Å². The highest BCUT2D eigenvalue weighted by Gasteiger charge is 2.41. The first-order valence-electron chi connectivity index (χ1n) is 11.6. The van der Waals surface area contributed by atoms with Gasteiger partial charge in [-0.1, -0.05) is 66.7 Å². The van der Waals surface area contributed by atoms with E-state index in [-0.39, 0.29) is 36.4 Å². The average molecular weight is 431 g/mol. The zero-order chi connectivity index (χ0) is 23.0. The smallest absolute Gasteiger partial charge is 0.255 e. The van der Waals surface area contributed by atoms with Crippen LogP contribution in [0.3, 0.4) is 0 Å². The van der Waals surface area contributed by atoms with Gasteiger partial charge in [0.05, 0.1) is 5.56 Å². The standard InChI is InChI=1S/C28H34N2O2/c1-18(2)30(19(3)4)27(31)25-23-15-11-10-12-21(23)16-17-24(25)28-29(6)20(5)26(32-28)22-13-8-7-9-14-22/h7-20,26,28H,1-6H3/t20-,26+,28-/m0/s1. The van der Waals surface area contributed by atoms with Crippen LogP contribution in [0.25, 0.3) is 10.8 Å². The average Bonchev–Trinajstić information content (AvgIpc) is 3.07. The van der Waals surface area contributed by atoms with Crippen LogP contribution in [0.5, 0.6) is 0 Å². The zero-order valence-electron chi connectivity index (χ0n) is 19.9. The molecule has 0 bridgehead atoms. The highest BCUT2D eigenvalue weighted by molar-refractivity contribution is 6.08. The summed E-state index contributed by atoms with van der Waals surface area (Å²) in [5.41, 5.74) is 2.85. The molecule has 0 aliphatic carbocycles. The molecule has 3 atom stereocenters. The van der Waals surface area contributed by atoms with Crippen LogP contribution in [0.2, 0.25) is 0 Å². The van der Waals surface area contributed by atoms with Gasteiger partial charge in [0.15, 0.2) is 0 Å². The van der Waals surface area contributed by atoms with Gasteiger partial charge in [0, 0.05) is 23.7 Å². The van der Waals surface area contributed by atoms with Crippen molar-refractivity contribution < 1.29 is 9.53 Å². The second-order valence-corrected chi connectivity index (χ2v) is 9.38. The molecule has 0 unspecified atom stereocenters. The number of likely N-dealkylation sites (N-methyl/N-ethyl adjacent to an activating group) is 1. The lowest BCUT2D eigenvalue weighted by molar-refractivity contribution is 0.00467. The maximum absolute atomic E-state index is 14.0. The van der Waals surface area contributed by atoms with Crippen molar-refractivity contribution in [3.63, 3.8) is 0 Å². The molecule has 1 amide bonds. The normalized spacial score (nSPS) is 21.6. The molecule has 1 heterocycles. The number of benzene rings is 3. The van der Waals surface area contributed by atoms with E-state index in [0.29, 0.717) is 0 Å². The molecule has 0 spiro atoms. The summed E-state index contributed by atoms with van der Waals surface area (Å²) in [6.45, 7) is 10.5. The fourth-order valence-electron chi connectivity index (χ4n) is 5.00. The predicted octanol–water partition coefficient (Wildman–Crippen LogP) is 6.19. The molecule has 3 aromatic rings. The highest BCUT2D eigenvalue weighted by atomic mass is 16.5. The third kappa shape index (κ3) is 3.94. The highest BCUT2D eigenvalue weighted by Crippen LogP contribution is 2.43. The number of hydrogen-bond acceptors (Lipinski definition) is 3. The van der Waals surface area contributed by atoms with Gasteiger partial charge in [0.2, 0.25) is 0 Å². The van der Waals surface area contributed by atoms with Crippen LogP contribution in [-0.2, 0) is 4.74 Å². The molecule has 1 fully saturated rings. The summed E-state index contributed by atoms with van der Waals surface area (Å²) in [4.78, 5) is 18.2. The summed E-state index contributed by atoms with van der Waals surface area (Å²) in [5.74, 6) is 0.0645. The lowest BCUT2D eigenvalue weighted by Gasteiger charge is -2.33. The van der Waals surface area contributed by atoms with E-state index in [2.05, 4.69) is 83.0 Å². The van der Waals surface area contributed by atoms with Crippen molar-refractivity contribution in [3.8, 4) is 0 Å². The third-order valence-electron chi connectivity index (χ3n) is 6.64. The van der Waals surface area contributed by atoms with Gasteiger partial charge in [0.1, 0.15) is 12.3 Å². The maximum Gasteiger partial charge on any atom is 0.255 e. The van der Waals surface area contributed by atoms with Gasteiger partial charge in [-0.25, -0.2) is 0 Å². The molecular weight excluding hydrogens is 396 g/mol. The number of fused-ring (bicyclic) bond motifs is 1. The van der Waals surface area contributed by atoms with Gasteiger partial charge in [-0.15, -0.1) is 0 Å². The topological polar surface area (TPSA) is 32.8 Å². The van der Waals surface area contributed by atoms with Crippen molar-refractivity contribution in [3.05, 3.63) is 83.4 Å². The fourth-order valence-corrected chi connectivity index (χ4v) is 5.00. The number of amides is 1. The summed E-state index contributed by atoms with van der Waals surface area (Å²) in [6.07, 6.45) is -0.341. The fraction of sp³-hybridized carbons (Fsp3) is 0.393. The monoisotopic (exact) mass is 430 g/mol. The Morgan fingerprint density at radius 3 is 2.19 bits per heavy atom. The molecular formula is C28H34N2O2. The lowest BCUT2D eigenvalue weighted by atomic mass is 9.95. The van der Waals surface area contributed by atoms with E-state index in [1.165, 1.54) is 0 Å². The third-order valence-corrected chi connectivity index (χ3v) is 6.64. The maximum atomic E-state index is 14.0. The van der Waals surface area contributed by atoms with Gasteiger partial charge in [-0.05, 0) is 58.0 Å². The molecule has 4 rings (SSSR count). The minimum Gasteiger partial charge on any atom is -0.349 e. The van der Waals surface area contributed by atoms with E-state index < -0.39 is 0 Å². The number of hydrogen-bond donors (Lipinski definition) is 0. The first-order valence-corrected chi connectivity index (χ1v) is 11.6. The molecule has 32 heavy (non-hydrogen) atoms. The molecule has 0 aromatic heterocycles. The Bertz CT molecular complexity index is 1090. The van der Waals surface area contributed by atoms with Crippen LogP contribution in [0.15, 0.2) is 66.7 Å². The summed E-state index contributed by atoms with van der Waals surface area (Å²) < 4.78 is 6.65. The van der Waals surface area contributed by atoms with Crippen LogP contribution in [0.4, 0.5) is 0 Å². The van der Waals surface area contributed by atoms with Gasteiger partial charge < -0.3 is 9.64 Å². The van der Waals surface area contributed by atoms with Crippen LogP contribution in [0.1, 0.15) is 68.4 Å². The van der Waals surface area contributed by atoms with Crippen molar-refractivity contribution >= 4 is 16.7 Å². The molecule has 0 radical (unpaired) electrons. The predicted molar refractivity (Wildman–Crippen MR) is 131 cm³/mol. The second-order valence-electron chi connectivity index (χ2n) is 9.38. The van der Waals surface area contributed by atoms with E-state index in [1.807, 2.05) is 35.2 Å². The van der Waals surface area contributed by atoms with E-state index in [0.717, 1.165) is 27.5 Å². The first-order chi connectivity index (χ1) is 15.3. The van der Waals surface area contributed by atoms with Crippen LogP contribution < -0.4 is 0 Å². The zero-order valence-corrected chi connectivity index (χ0v) is 19.9. The first kappa shape index (κ1) is 22.5. The Morgan fingerprint density at radius 2 is 1.53 bits per heavy atom. The van der Waals surface area contributed by atoms with Crippen LogP contribution in [-0.4, -0.2) is 40.9 Å². The van der Waals surface area contributed by atoms with Gasteiger partial charge in [-0.2, -0.15) is 0 Å². The Balaban J connectivity index is 1.84. The molecule has 4 nitrogen and oxygen atoms in total. The van der Waals surface area contributed by atoms with Crippen LogP contribution in [0, 0.1) is 0 Å². The molecule has 0 saturated carbocycles. The number of carbonyl (C=O) groups is 1. The molecule has 168 valence electrons. The van der Waals surface area contributed by atoms with E-state index in [4.69, 9.17) is 4.74 Å². The van der Waals surface area contributed by atoms with Crippen LogP contribution >= 0.6 is 0 Å². The van der Waals surface area contributed by atoms with E-state index in [1.54, 1.807) is 0 Å². The minimum atomic E-state index is -0.292. The lowest BCUT2D eigenvalue weighted by Crippen LogP contribution is -2.42. The SMILES string of the molecule is CC(C)N(C(=O)c1c([C@@H]2O[C@@H](c3ccccc3)[C@H](C)N2C)ccc2ccccc12)C(C)C. The quantitative estimate of drug-likeness (QED) is 0.484. The molecule has 1 aliphatic rings. The molecule has 4 heteroatoms. The Labute approximate surface area is 191 Å². The molecule has 3 aromatic carbocycles. The van der Waals surface area contributed by atoms with Crippen molar-refractivity contribution in [2.75, 3.05) is 7.05 Å². The van der Waals surface area contributed by atoms with E-state index >= 15 is 0 Å². The molecule has 1 aliphatic heterocycles. The Kier molecular flexibility index (Phi) is 6.36. The van der Waals surface area contributed by atoms with Crippen molar-refractivity contribution in [2.24, 2.45) is 0 Å². The number of ether oxygens (including phenoxy) is 1. The summed E-state index contributed by atoms with van der Waals surface area (Å²) >= 11 is 0. The minimum absolute atomic E-state index is 0.0491. The summed E-state index contributed by atoms with van der Waals surface area (Å²) in [7, 11) is 2.09. The number of rotatable bonds is 5. The molecule has 1 saturated heterocycles. The Hall–Kier alpha value is -2.69. The van der Waals surface area contributed by atoms with Gasteiger partial charge >= 0.3 is 0 Å². The number of carbonyl (C=O) groups excluding carboxylic acids is 1. The van der Waals surface area contributed by atoms with Crippen molar-refractivity contribution in [1.29, 1.82) is 0 Å². The molecule has 0 N–H and O–H groups in total. The van der Waals surface area contributed by atoms with E-state index in [9.17, 15) is 4.79 Å². The van der Waals surface area contributed by atoms with Gasteiger partial charge in [0.25, 0.3) is 5.91 Å². The number of nitrogens with zero attached hydrogens (tertiary/aromatic N) is 2. The largest absolute Gasteiger partial charge is 0.349 e. The summed E-state index contributed by atoms with van der Waals surface area (Å²) in [5, 5.41) is 2.05. The second kappa shape index (κ2) is 9.05.